The molecule has 2 rings (SSSR count). The summed E-state index contributed by atoms with van der Waals surface area (Å²) in [7, 11) is 0. The van der Waals surface area contributed by atoms with E-state index in [0.717, 1.165) is 19.5 Å². The van der Waals surface area contributed by atoms with Crippen LogP contribution in [-0.4, -0.2) is 31.3 Å². The van der Waals surface area contributed by atoms with Crippen LogP contribution in [0.1, 0.15) is 57.1 Å². The van der Waals surface area contributed by atoms with E-state index in [1.807, 2.05) is 20.8 Å². The molecule has 1 heterocycles. The van der Waals surface area contributed by atoms with Gasteiger partial charge in [0, 0.05) is 6.54 Å². The number of amides is 1. The van der Waals surface area contributed by atoms with E-state index in [1.54, 1.807) is 0 Å². The molecule has 24 heavy (non-hydrogen) atoms. The lowest BCUT2D eigenvalue weighted by Gasteiger charge is -2.22. The highest BCUT2D eigenvalue weighted by Crippen LogP contribution is 2.25. The molecule has 0 spiro atoms. The fourth-order valence-electron chi connectivity index (χ4n) is 2.83. The van der Waals surface area contributed by atoms with Crippen molar-refractivity contribution in [2.75, 3.05) is 19.6 Å². The van der Waals surface area contributed by atoms with Gasteiger partial charge in [-0.25, -0.2) is 4.79 Å². The first-order chi connectivity index (χ1) is 11.4. The van der Waals surface area contributed by atoms with Gasteiger partial charge in [0.05, 0.1) is 0 Å². The molecule has 2 N–H and O–H groups in total. The van der Waals surface area contributed by atoms with Crippen LogP contribution in [0.2, 0.25) is 0 Å². The Morgan fingerprint density at radius 2 is 1.92 bits per heavy atom. The topological polar surface area (TPSA) is 50.4 Å². The minimum atomic E-state index is -0.448. The van der Waals surface area contributed by atoms with Crippen molar-refractivity contribution in [1.29, 1.82) is 0 Å². The zero-order valence-corrected chi connectivity index (χ0v) is 15.1. The zero-order valence-electron chi connectivity index (χ0n) is 15.1. The Balaban J connectivity index is 1.71. The minimum Gasteiger partial charge on any atom is -0.444 e. The first kappa shape index (κ1) is 18.5. The van der Waals surface area contributed by atoms with Crippen LogP contribution in [0.25, 0.3) is 6.08 Å². The van der Waals surface area contributed by atoms with Crippen molar-refractivity contribution < 1.29 is 9.53 Å². The Hall–Kier alpha value is -1.81. The van der Waals surface area contributed by atoms with Crippen molar-refractivity contribution in [3.8, 4) is 0 Å². The second-order valence-electron chi connectivity index (χ2n) is 7.31. The fraction of sp³-hybridized carbons (Fsp3) is 0.550. The molecule has 1 fully saturated rings. The second-order valence-corrected chi connectivity index (χ2v) is 7.31. The molecular formula is C20H30N2O2. The van der Waals surface area contributed by atoms with Gasteiger partial charge in [-0.1, -0.05) is 36.4 Å². The summed E-state index contributed by atoms with van der Waals surface area (Å²) in [6, 6.07) is 8.84. The first-order valence-electron chi connectivity index (χ1n) is 8.88. The van der Waals surface area contributed by atoms with Crippen LogP contribution in [-0.2, 0) is 4.74 Å². The molecule has 0 radical (unpaired) electrons. The summed E-state index contributed by atoms with van der Waals surface area (Å²) < 4.78 is 5.19. The summed E-state index contributed by atoms with van der Waals surface area (Å²) in [5, 5.41) is 6.17. The van der Waals surface area contributed by atoms with Crippen molar-refractivity contribution in [3.05, 3.63) is 41.5 Å². The number of nitrogens with one attached hydrogen (secondary N) is 2. The molecule has 4 heteroatoms. The van der Waals surface area contributed by atoms with Gasteiger partial charge in [0.2, 0.25) is 0 Å². The van der Waals surface area contributed by atoms with Gasteiger partial charge in [0.1, 0.15) is 5.60 Å². The Kier molecular flexibility index (Phi) is 6.85. The molecule has 0 bridgehead atoms. The Morgan fingerprint density at radius 3 is 2.54 bits per heavy atom. The average molecular weight is 330 g/mol. The van der Waals surface area contributed by atoms with Gasteiger partial charge in [0.25, 0.3) is 0 Å². The Bertz CT molecular complexity index is 538. The highest BCUT2D eigenvalue weighted by molar-refractivity contribution is 5.67. The standard InChI is InChI=1S/C20H30N2O2/c1-20(2,3)24-19(23)22-13-5-4-6-16-7-9-17(10-8-16)18-11-14-21-15-12-18/h4,6-10,18,21H,5,11-15H2,1-3H3,(H,22,23). The molecule has 0 aromatic heterocycles. The van der Waals surface area contributed by atoms with E-state index in [9.17, 15) is 4.79 Å². The minimum absolute atomic E-state index is 0.359. The maximum atomic E-state index is 11.5. The summed E-state index contributed by atoms with van der Waals surface area (Å²) in [6.07, 6.45) is 7.06. The van der Waals surface area contributed by atoms with E-state index in [0.29, 0.717) is 12.5 Å². The molecule has 0 saturated carbocycles. The third kappa shape index (κ3) is 6.75. The molecule has 1 aliphatic rings. The number of rotatable bonds is 5. The lowest BCUT2D eigenvalue weighted by molar-refractivity contribution is 0.0529. The van der Waals surface area contributed by atoms with Crippen molar-refractivity contribution in [1.82, 2.24) is 10.6 Å². The van der Waals surface area contributed by atoms with Crippen LogP contribution in [0.4, 0.5) is 4.79 Å². The summed E-state index contributed by atoms with van der Waals surface area (Å²) in [5.74, 6) is 0.697. The lowest BCUT2D eigenvalue weighted by Crippen LogP contribution is -2.32. The van der Waals surface area contributed by atoms with E-state index in [1.165, 1.54) is 24.0 Å². The van der Waals surface area contributed by atoms with Crippen molar-refractivity contribution in [2.24, 2.45) is 0 Å². The number of benzene rings is 1. The number of hydrogen-bond acceptors (Lipinski definition) is 3. The maximum absolute atomic E-state index is 11.5. The molecule has 132 valence electrons. The third-order valence-corrected chi connectivity index (χ3v) is 4.04. The van der Waals surface area contributed by atoms with Crippen LogP contribution in [0.3, 0.4) is 0 Å². The maximum Gasteiger partial charge on any atom is 0.407 e. The van der Waals surface area contributed by atoms with Gasteiger partial charge in [-0.2, -0.15) is 0 Å². The molecule has 4 nitrogen and oxygen atoms in total. The number of piperidine rings is 1. The Morgan fingerprint density at radius 1 is 1.25 bits per heavy atom. The summed E-state index contributed by atoms with van der Waals surface area (Å²) in [4.78, 5) is 11.5. The molecule has 1 saturated heterocycles. The number of carbonyl (C=O) groups is 1. The van der Waals surface area contributed by atoms with Gasteiger partial charge < -0.3 is 15.4 Å². The number of hydrogen-bond donors (Lipinski definition) is 2. The van der Waals surface area contributed by atoms with Crippen LogP contribution in [0.5, 0.6) is 0 Å². The molecular weight excluding hydrogens is 300 g/mol. The first-order valence-corrected chi connectivity index (χ1v) is 8.88. The third-order valence-electron chi connectivity index (χ3n) is 4.04. The van der Waals surface area contributed by atoms with Gasteiger partial charge in [-0.15, -0.1) is 0 Å². The SMILES string of the molecule is CC(C)(C)OC(=O)NCCC=Cc1ccc(C2CCNCC2)cc1. The monoisotopic (exact) mass is 330 g/mol. The molecule has 0 aliphatic carbocycles. The molecule has 0 unspecified atom stereocenters. The highest BCUT2D eigenvalue weighted by Gasteiger charge is 2.15. The lowest BCUT2D eigenvalue weighted by atomic mass is 9.90. The Labute approximate surface area is 145 Å². The summed E-state index contributed by atoms with van der Waals surface area (Å²) >= 11 is 0. The van der Waals surface area contributed by atoms with E-state index in [2.05, 4.69) is 47.1 Å². The van der Waals surface area contributed by atoms with Crippen molar-refractivity contribution in [2.45, 2.75) is 51.6 Å². The van der Waals surface area contributed by atoms with Crippen molar-refractivity contribution >= 4 is 12.2 Å². The van der Waals surface area contributed by atoms with Gasteiger partial charge in [-0.3, -0.25) is 0 Å². The molecule has 1 amide bonds. The van der Waals surface area contributed by atoms with Crippen LogP contribution < -0.4 is 10.6 Å². The van der Waals surface area contributed by atoms with Gasteiger partial charge in [0.15, 0.2) is 0 Å². The van der Waals surface area contributed by atoms with E-state index in [4.69, 9.17) is 4.74 Å². The average Bonchev–Trinajstić information content (AvgIpc) is 2.54. The van der Waals surface area contributed by atoms with Gasteiger partial charge >= 0.3 is 6.09 Å². The largest absolute Gasteiger partial charge is 0.444 e. The van der Waals surface area contributed by atoms with Crippen LogP contribution in [0, 0.1) is 0 Å². The van der Waals surface area contributed by atoms with E-state index >= 15 is 0 Å². The van der Waals surface area contributed by atoms with Gasteiger partial charge in [-0.05, 0) is 70.2 Å². The summed E-state index contributed by atoms with van der Waals surface area (Å²) in [5.41, 5.74) is 2.20. The summed E-state index contributed by atoms with van der Waals surface area (Å²) in [6.45, 7) is 8.41. The van der Waals surface area contributed by atoms with Crippen molar-refractivity contribution in [3.63, 3.8) is 0 Å². The fourth-order valence-corrected chi connectivity index (χ4v) is 2.83. The predicted molar refractivity (Wildman–Crippen MR) is 99.2 cm³/mol. The number of alkyl carbamates (subject to hydrolysis) is 1. The van der Waals surface area contributed by atoms with Crippen LogP contribution >= 0.6 is 0 Å². The quantitative estimate of drug-likeness (QED) is 0.800. The number of ether oxygens (including phenoxy) is 1. The molecule has 0 atom stereocenters. The second kappa shape index (κ2) is 8.88. The molecule has 1 aromatic carbocycles. The smallest absolute Gasteiger partial charge is 0.407 e. The predicted octanol–water partition coefficient (Wildman–Crippen LogP) is 4.08. The molecule has 1 aromatic rings. The zero-order chi connectivity index (χ0) is 17.4. The van der Waals surface area contributed by atoms with E-state index in [-0.39, 0.29) is 6.09 Å². The molecule has 1 aliphatic heterocycles. The highest BCUT2D eigenvalue weighted by atomic mass is 16.6. The van der Waals surface area contributed by atoms with Crippen LogP contribution in [0.15, 0.2) is 30.3 Å². The van der Waals surface area contributed by atoms with E-state index < -0.39 is 5.60 Å². The normalized spacial score (nSPS) is 16.3. The number of carbonyl (C=O) groups excluding carboxylic acids is 1.